The van der Waals surface area contributed by atoms with Gasteiger partial charge in [-0.1, -0.05) is 12.1 Å². The van der Waals surface area contributed by atoms with Gasteiger partial charge in [0.2, 0.25) is 10.0 Å². The molecule has 1 N–H and O–H groups in total. The molecule has 190 valence electrons. The van der Waals surface area contributed by atoms with Crippen LogP contribution in [0.5, 0.6) is 0 Å². The molecule has 3 aliphatic heterocycles. The van der Waals surface area contributed by atoms with Crippen molar-refractivity contribution in [2.45, 2.75) is 32.4 Å². The van der Waals surface area contributed by atoms with E-state index in [1.54, 1.807) is 4.90 Å². The molecule has 0 bridgehead atoms. The first-order valence-electron chi connectivity index (χ1n) is 12.4. The molecular weight excluding hydrogens is 466 g/mol. The van der Waals surface area contributed by atoms with Crippen LogP contribution in [0.1, 0.15) is 24.0 Å². The number of rotatable bonds is 5. The van der Waals surface area contributed by atoms with Gasteiger partial charge >= 0.3 is 6.03 Å². The smallest absolute Gasteiger partial charge is 0.344 e. The van der Waals surface area contributed by atoms with E-state index in [9.17, 15) is 13.2 Å². The Morgan fingerprint density at radius 2 is 1.89 bits per heavy atom. The summed E-state index contributed by atoms with van der Waals surface area (Å²) in [5.41, 5.74) is 4.00. The highest BCUT2D eigenvalue weighted by Gasteiger charge is 2.31. The van der Waals surface area contributed by atoms with Crippen LogP contribution in [0.2, 0.25) is 0 Å². The number of hydrogen-bond acceptors (Lipinski definition) is 7. The average molecular weight is 502 g/mol. The summed E-state index contributed by atoms with van der Waals surface area (Å²) in [6.45, 7) is 10.5. The third-order valence-electron chi connectivity index (χ3n) is 7.33. The van der Waals surface area contributed by atoms with Gasteiger partial charge in [-0.25, -0.2) is 13.2 Å². The van der Waals surface area contributed by atoms with Crippen LogP contribution in [-0.4, -0.2) is 104 Å². The number of nitrogens with one attached hydrogen (secondary N) is 1. The molecule has 4 heterocycles. The molecule has 0 saturated carbocycles. The van der Waals surface area contributed by atoms with Crippen molar-refractivity contribution in [1.82, 2.24) is 24.5 Å². The lowest BCUT2D eigenvalue weighted by molar-refractivity contribution is 0.134. The van der Waals surface area contributed by atoms with E-state index in [1.165, 1.54) is 53.1 Å². The molecule has 1 aromatic heterocycles. The SMILES string of the molecule is Cc1ccc(CN2CCN(C(=O)n3ccc(NS(C)(=O)=O)n3)CC2)cc1N1CCN2CCC[C@@H]2C1. The van der Waals surface area contributed by atoms with Crippen LogP contribution in [-0.2, 0) is 16.6 Å². The number of amides is 1. The molecule has 0 aliphatic carbocycles. The molecule has 0 spiro atoms. The van der Waals surface area contributed by atoms with Crippen molar-refractivity contribution >= 4 is 27.6 Å². The molecule has 1 aromatic carbocycles. The average Bonchev–Trinajstić information content (AvgIpc) is 3.48. The minimum absolute atomic E-state index is 0.143. The van der Waals surface area contributed by atoms with Crippen molar-refractivity contribution < 1.29 is 13.2 Å². The lowest BCUT2D eigenvalue weighted by atomic mass is 10.1. The van der Waals surface area contributed by atoms with Crippen molar-refractivity contribution in [3.63, 3.8) is 0 Å². The standard InChI is InChI=1S/C24H35N7O3S/c1-19-5-6-20(16-22(19)30-15-14-28-8-3-4-21(28)18-30)17-27-10-12-29(13-11-27)24(32)31-9-7-23(25-31)26-35(2,33)34/h5-7,9,16,21H,3-4,8,10-15,17-18H2,1-2H3,(H,25,26)/t21-/m1/s1. The zero-order valence-electron chi connectivity index (χ0n) is 20.6. The highest BCUT2D eigenvalue weighted by Crippen LogP contribution is 2.29. The van der Waals surface area contributed by atoms with Gasteiger partial charge in [0.15, 0.2) is 5.82 Å². The molecule has 35 heavy (non-hydrogen) atoms. The van der Waals surface area contributed by atoms with Crippen LogP contribution in [0.25, 0.3) is 0 Å². The summed E-state index contributed by atoms with van der Waals surface area (Å²) >= 11 is 0. The fourth-order valence-corrected chi connectivity index (χ4v) is 5.97. The molecule has 3 saturated heterocycles. The Morgan fingerprint density at radius 1 is 1.09 bits per heavy atom. The molecule has 0 unspecified atom stereocenters. The van der Waals surface area contributed by atoms with E-state index < -0.39 is 10.0 Å². The van der Waals surface area contributed by atoms with Crippen molar-refractivity contribution in [1.29, 1.82) is 0 Å². The summed E-state index contributed by atoms with van der Waals surface area (Å²) in [6, 6.07) is 8.77. The second kappa shape index (κ2) is 9.79. The molecule has 0 radical (unpaired) electrons. The summed E-state index contributed by atoms with van der Waals surface area (Å²) in [7, 11) is -3.43. The second-order valence-electron chi connectivity index (χ2n) is 9.96. The third kappa shape index (κ3) is 5.62. The Labute approximate surface area is 207 Å². The van der Waals surface area contributed by atoms with Crippen LogP contribution < -0.4 is 9.62 Å². The normalized spacial score (nSPS) is 21.8. The number of carbonyl (C=O) groups is 1. The van der Waals surface area contributed by atoms with Crippen LogP contribution >= 0.6 is 0 Å². The third-order valence-corrected chi connectivity index (χ3v) is 7.91. The first-order valence-corrected chi connectivity index (χ1v) is 14.3. The fourth-order valence-electron chi connectivity index (χ4n) is 5.48. The molecule has 11 heteroatoms. The van der Waals surface area contributed by atoms with Gasteiger partial charge in [0.1, 0.15) is 0 Å². The zero-order valence-corrected chi connectivity index (χ0v) is 21.4. The highest BCUT2D eigenvalue weighted by atomic mass is 32.2. The van der Waals surface area contributed by atoms with Crippen LogP contribution in [0, 0.1) is 6.92 Å². The highest BCUT2D eigenvalue weighted by molar-refractivity contribution is 7.92. The minimum Gasteiger partial charge on any atom is -0.368 e. The van der Waals surface area contributed by atoms with Crippen molar-refractivity contribution in [3.8, 4) is 0 Å². The van der Waals surface area contributed by atoms with E-state index in [0.717, 1.165) is 45.5 Å². The Kier molecular flexibility index (Phi) is 6.73. The largest absolute Gasteiger partial charge is 0.368 e. The number of sulfonamides is 1. The Bertz CT molecular complexity index is 1170. The van der Waals surface area contributed by atoms with Crippen LogP contribution in [0.3, 0.4) is 0 Å². The van der Waals surface area contributed by atoms with E-state index >= 15 is 0 Å². The minimum atomic E-state index is -3.43. The molecule has 1 atom stereocenters. The number of piperazine rings is 2. The number of fused-ring (bicyclic) bond motifs is 1. The summed E-state index contributed by atoms with van der Waals surface area (Å²) in [5.74, 6) is 0.143. The van der Waals surface area contributed by atoms with Gasteiger partial charge in [-0.05, 0) is 43.5 Å². The Morgan fingerprint density at radius 3 is 2.66 bits per heavy atom. The first-order chi connectivity index (χ1) is 16.7. The molecule has 5 rings (SSSR count). The summed E-state index contributed by atoms with van der Waals surface area (Å²) in [5, 5.41) is 4.05. The number of nitrogens with zero attached hydrogens (tertiary/aromatic N) is 6. The number of hydrogen-bond donors (Lipinski definition) is 1. The monoisotopic (exact) mass is 501 g/mol. The maximum Gasteiger partial charge on any atom is 0.344 e. The topological polar surface area (TPSA) is 94.0 Å². The maximum atomic E-state index is 12.8. The van der Waals surface area contributed by atoms with Gasteiger partial charge in [0.05, 0.1) is 6.26 Å². The van der Waals surface area contributed by atoms with E-state index in [-0.39, 0.29) is 11.8 Å². The van der Waals surface area contributed by atoms with Crippen molar-refractivity contribution in [3.05, 3.63) is 41.6 Å². The number of aromatic nitrogens is 2. The van der Waals surface area contributed by atoms with Gasteiger partial charge in [0.25, 0.3) is 0 Å². The van der Waals surface area contributed by atoms with E-state index in [4.69, 9.17) is 0 Å². The van der Waals surface area contributed by atoms with Gasteiger partial charge in [-0.3, -0.25) is 14.5 Å². The molecular formula is C24H35N7O3S. The summed E-state index contributed by atoms with van der Waals surface area (Å²) in [6.07, 6.45) is 5.18. The summed E-state index contributed by atoms with van der Waals surface area (Å²) in [4.78, 5) is 22.2. The lowest BCUT2D eigenvalue weighted by Crippen LogP contribution is -2.50. The summed E-state index contributed by atoms with van der Waals surface area (Å²) < 4.78 is 26.2. The quantitative estimate of drug-likeness (QED) is 0.666. The molecule has 3 aliphatic rings. The van der Waals surface area contributed by atoms with Crippen molar-refractivity contribution in [2.24, 2.45) is 0 Å². The molecule has 3 fully saturated rings. The lowest BCUT2D eigenvalue weighted by Gasteiger charge is -2.39. The van der Waals surface area contributed by atoms with Gasteiger partial charge < -0.3 is 9.80 Å². The zero-order chi connectivity index (χ0) is 24.6. The number of aryl methyl sites for hydroxylation is 1. The Balaban J connectivity index is 1.16. The molecule has 2 aromatic rings. The van der Waals surface area contributed by atoms with Crippen LogP contribution in [0.4, 0.5) is 16.3 Å². The number of carbonyl (C=O) groups excluding carboxylic acids is 1. The number of anilines is 2. The van der Waals surface area contributed by atoms with Gasteiger partial charge in [-0.15, -0.1) is 5.10 Å². The predicted molar refractivity (Wildman–Crippen MR) is 136 cm³/mol. The predicted octanol–water partition coefficient (Wildman–Crippen LogP) is 1.63. The van der Waals surface area contributed by atoms with E-state index in [1.807, 2.05) is 0 Å². The molecule has 1 amide bonds. The molecule has 10 nitrogen and oxygen atoms in total. The maximum absolute atomic E-state index is 12.8. The van der Waals surface area contributed by atoms with Crippen LogP contribution in [0.15, 0.2) is 30.5 Å². The number of benzene rings is 1. The second-order valence-corrected chi connectivity index (χ2v) is 11.7. The Hall–Kier alpha value is -2.63. The van der Waals surface area contributed by atoms with E-state index in [0.29, 0.717) is 19.1 Å². The van der Waals surface area contributed by atoms with Gasteiger partial charge in [0, 0.05) is 76.4 Å². The fraction of sp³-hybridized carbons (Fsp3) is 0.583. The van der Waals surface area contributed by atoms with E-state index in [2.05, 4.69) is 49.6 Å². The van der Waals surface area contributed by atoms with Gasteiger partial charge in [-0.2, -0.15) is 4.68 Å². The first kappa shape index (κ1) is 24.1. The van der Waals surface area contributed by atoms with Crippen molar-refractivity contribution in [2.75, 3.05) is 68.2 Å².